The van der Waals surface area contributed by atoms with Gasteiger partial charge < -0.3 is 10.6 Å². The van der Waals surface area contributed by atoms with Crippen molar-refractivity contribution >= 4 is 11.7 Å². The fourth-order valence-electron chi connectivity index (χ4n) is 1.16. The molecule has 80 valence electrons. The Hall–Kier alpha value is -1.51. The summed E-state index contributed by atoms with van der Waals surface area (Å²) in [7, 11) is 0. The molecule has 0 radical (unpaired) electrons. The van der Waals surface area contributed by atoms with Gasteiger partial charge in [-0.1, -0.05) is 6.07 Å². The molecule has 0 spiro atoms. The van der Waals surface area contributed by atoms with Gasteiger partial charge in [-0.25, -0.2) is 4.79 Å². The van der Waals surface area contributed by atoms with Gasteiger partial charge in [0.2, 0.25) is 0 Å². The molecule has 0 atom stereocenters. The number of amides is 2. The van der Waals surface area contributed by atoms with Crippen LogP contribution in [-0.2, 0) is 0 Å². The summed E-state index contributed by atoms with van der Waals surface area (Å²) in [6.45, 7) is 6.60. The zero-order valence-corrected chi connectivity index (χ0v) is 8.85. The van der Waals surface area contributed by atoms with Gasteiger partial charge in [0, 0.05) is 15.1 Å². The van der Waals surface area contributed by atoms with Gasteiger partial charge in [0.25, 0.3) is 0 Å². The third-order valence-corrected chi connectivity index (χ3v) is 2.10. The number of carbonyl (C=O) groups excluding carboxylic acids is 1. The predicted molar refractivity (Wildman–Crippen MR) is 62.8 cm³/mol. The van der Waals surface area contributed by atoms with Crippen LogP contribution in [0.5, 0.6) is 0 Å². The van der Waals surface area contributed by atoms with Gasteiger partial charge in [-0.3, -0.25) is 0 Å². The average Bonchev–Trinajstić information content (AvgIpc) is 2.12. The lowest BCUT2D eigenvalue weighted by molar-refractivity contribution is 0.252. The number of rotatable bonds is 2. The van der Waals surface area contributed by atoms with Gasteiger partial charge in [-0.2, -0.15) is 0 Å². The number of anilines is 1. The van der Waals surface area contributed by atoms with Gasteiger partial charge >= 0.3 is 6.03 Å². The van der Waals surface area contributed by atoms with E-state index in [-0.39, 0.29) is 8.88 Å². The van der Waals surface area contributed by atoms with Crippen molar-refractivity contribution in [3.05, 3.63) is 29.3 Å². The van der Waals surface area contributed by atoms with E-state index in [1.807, 2.05) is 39.0 Å². The fourth-order valence-corrected chi connectivity index (χ4v) is 1.16. The highest BCUT2D eigenvalue weighted by atomic mass is 16.2. The topological polar surface area (TPSA) is 41.1 Å². The second kappa shape index (κ2) is 4.65. The molecule has 1 aromatic rings. The van der Waals surface area contributed by atoms with Crippen molar-refractivity contribution in [3.8, 4) is 0 Å². The van der Waals surface area contributed by atoms with Crippen molar-refractivity contribution in [3.63, 3.8) is 0 Å². The van der Waals surface area contributed by atoms with Crippen molar-refractivity contribution in [2.45, 2.75) is 20.8 Å². The number of nitrogens with one attached hydrogen (secondary N) is 2. The summed E-state index contributed by atoms with van der Waals surface area (Å²) in [6, 6.07) is 5.70. The Bertz CT molecular complexity index is 343. The van der Waals surface area contributed by atoms with Crippen molar-refractivity contribution < 1.29 is 7.65 Å². The second-order valence-corrected chi connectivity index (χ2v) is 3.28. The highest BCUT2D eigenvalue weighted by Crippen LogP contribution is 2.13. The summed E-state index contributed by atoms with van der Waals surface area (Å²) in [4.78, 5) is 11.2. The maximum absolute atomic E-state index is 11.2. The van der Waals surface area contributed by atoms with Gasteiger partial charge in [0.05, 0.1) is 0 Å². The molecule has 14 heavy (non-hydrogen) atoms. The monoisotopic (exact) mass is 196 g/mol. The highest BCUT2D eigenvalue weighted by Gasteiger charge is 2.00. The van der Waals surface area contributed by atoms with Crippen LogP contribution in [-0.4, -0.2) is 12.6 Å². The first kappa shape index (κ1) is 10.6. The Morgan fingerprint density at radius 2 is 2.07 bits per heavy atom. The smallest absolute Gasteiger partial charge is 0.319 e. The lowest BCUT2D eigenvalue weighted by Gasteiger charge is -2.07. The minimum absolute atomic E-state index is 0. The normalized spacial score (nSPS) is 9.64. The summed E-state index contributed by atoms with van der Waals surface area (Å²) in [5.74, 6) is 0. The van der Waals surface area contributed by atoms with E-state index in [9.17, 15) is 4.79 Å². The van der Waals surface area contributed by atoms with Gasteiger partial charge in [-0.15, -0.1) is 0 Å². The molecule has 3 heteroatoms. The lowest BCUT2D eigenvalue weighted by atomic mass is 10.1. The maximum Gasteiger partial charge on any atom is 0.319 e. The summed E-state index contributed by atoms with van der Waals surface area (Å²) < 4.78 is 0. The van der Waals surface area contributed by atoms with E-state index >= 15 is 0 Å². The van der Waals surface area contributed by atoms with Crippen LogP contribution in [0, 0.1) is 13.8 Å². The van der Waals surface area contributed by atoms with Gasteiger partial charge in [0.15, 0.2) is 0 Å². The molecular formula is C11H20N2O. The molecule has 3 nitrogen and oxygen atoms in total. The minimum atomic E-state index is -0.157. The Kier molecular flexibility index (Phi) is 3.51. The number of carbonyl (C=O) groups is 1. The first-order valence-electron chi connectivity index (χ1n) is 4.75. The van der Waals surface area contributed by atoms with Crippen LogP contribution in [0.25, 0.3) is 0 Å². The minimum Gasteiger partial charge on any atom is -0.338 e. The summed E-state index contributed by atoms with van der Waals surface area (Å²) in [5.41, 5.74) is 3.24. The third kappa shape index (κ3) is 2.76. The quantitative estimate of drug-likeness (QED) is 0.750. The third-order valence-electron chi connectivity index (χ3n) is 2.10. The van der Waals surface area contributed by atoms with Crippen molar-refractivity contribution in [1.29, 1.82) is 0 Å². The molecule has 2 amide bonds. The van der Waals surface area contributed by atoms with E-state index in [0.29, 0.717) is 6.54 Å². The number of aryl methyl sites for hydroxylation is 2. The fraction of sp³-hybridized carbons (Fsp3) is 0.364. The van der Waals surface area contributed by atoms with E-state index in [1.54, 1.807) is 0 Å². The largest absolute Gasteiger partial charge is 0.338 e. The highest BCUT2D eigenvalue weighted by molar-refractivity contribution is 5.89. The van der Waals surface area contributed by atoms with Gasteiger partial charge in [-0.05, 0) is 44.0 Å². The molecule has 0 aliphatic rings. The van der Waals surface area contributed by atoms with Crippen molar-refractivity contribution in [2.24, 2.45) is 0 Å². The molecular weight excluding hydrogens is 176 g/mol. The molecule has 1 aromatic carbocycles. The second-order valence-electron chi connectivity index (χ2n) is 3.28. The molecule has 0 aliphatic heterocycles. The Labute approximate surface area is 87.5 Å². The molecule has 2 N–H and O–H groups in total. The molecule has 1 rings (SSSR count). The predicted octanol–water partition coefficient (Wildman–Crippen LogP) is 2.94. The van der Waals surface area contributed by atoms with Crippen LogP contribution in [0.4, 0.5) is 10.5 Å². The molecule has 0 fully saturated rings. The number of hydrogen-bond donors (Lipinski definition) is 2. The first-order valence-corrected chi connectivity index (χ1v) is 4.75. The Morgan fingerprint density at radius 3 is 2.64 bits per heavy atom. The maximum atomic E-state index is 11.2. The number of urea groups is 1. The van der Waals surface area contributed by atoms with Crippen LogP contribution < -0.4 is 10.6 Å². The van der Waals surface area contributed by atoms with Crippen molar-refractivity contribution in [2.75, 3.05) is 11.9 Å². The molecule has 0 aliphatic carbocycles. The SMILES string of the molecule is CCNC(=O)Nc1ccc(C)c(C)c1.[HH].[HH]. The lowest BCUT2D eigenvalue weighted by Crippen LogP contribution is -2.28. The average molecular weight is 196 g/mol. The zero-order valence-electron chi connectivity index (χ0n) is 8.85. The molecule has 0 bridgehead atoms. The van der Waals surface area contributed by atoms with Gasteiger partial charge in [0.1, 0.15) is 0 Å². The molecule has 0 heterocycles. The van der Waals surface area contributed by atoms with Crippen LogP contribution >= 0.6 is 0 Å². The first-order chi connectivity index (χ1) is 6.63. The molecule has 0 aromatic heterocycles. The summed E-state index contributed by atoms with van der Waals surface area (Å²) in [6.07, 6.45) is 0. The Balaban J connectivity index is 0. The van der Waals surface area contributed by atoms with Crippen LogP contribution in [0.3, 0.4) is 0 Å². The van der Waals surface area contributed by atoms with E-state index in [4.69, 9.17) is 0 Å². The van der Waals surface area contributed by atoms with Crippen LogP contribution in [0.1, 0.15) is 20.9 Å². The molecule has 0 saturated heterocycles. The van der Waals surface area contributed by atoms with E-state index in [1.165, 1.54) is 11.1 Å². The molecule has 0 saturated carbocycles. The van der Waals surface area contributed by atoms with Crippen LogP contribution in [0.15, 0.2) is 18.2 Å². The van der Waals surface area contributed by atoms with E-state index in [0.717, 1.165) is 5.69 Å². The number of hydrogen-bond acceptors (Lipinski definition) is 1. The number of benzene rings is 1. The van der Waals surface area contributed by atoms with Crippen molar-refractivity contribution in [1.82, 2.24) is 5.32 Å². The van der Waals surface area contributed by atoms with E-state index in [2.05, 4.69) is 10.6 Å². The summed E-state index contributed by atoms with van der Waals surface area (Å²) >= 11 is 0. The molecule has 0 unspecified atom stereocenters. The Morgan fingerprint density at radius 1 is 1.36 bits per heavy atom. The zero-order chi connectivity index (χ0) is 10.6. The van der Waals surface area contributed by atoms with Crippen LogP contribution in [0.2, 0.25) is 0 Å². The summed E-state index contributed by atoms with van der Waals surface area (Å²) in [5, 5.41) is 5.44. The standard InChI is InChI=1S/C11H16N2O.2H2/c1-4-12-11(14)13-10-6-5-8(2)9(3)7-10;;/h5-7H,4H2,1-3H3,(H2,12,13,14);2*1H. The van der Waals surface area contributed by atoms with E-state index < -0.39 is 0 Å².